The van der Waals surface area contributed by atoms with E-state index in [1.165, 1.54) is 36.4 Å². The van der Waals surface area contributed by atoms with Crippen LogP contribution in [0.15, 0.2) is 82.7 Å². The predicted molar refractivity (Wildman–Crippen MR) is 131 cm³/mol. The lowest BCUT2D eigenvalue weighted by Gasteiger charge is -2.35. The van der Waals surface area contributed by atoms with Gasteiger partial charge in [0, 0.05) is 6.04 Å². The maximum atomic E-state index is 13.6. The van der Waals surface area contributed by atoms with Crippen molar-refractivity contribution >= 4 is 45.4 Å². The molecule has 1 aliphatic heterocycles. The molecule has 0 radical (unpaired) electrons. The summed E-state index contributed by atoms with van der Waals surface area (Å²) in [5.41, 5.74) is 1.96. The summed E-state index contributed by atoms with van der Waals surface area (Å²) < 4.78 is 0. The Labute approximate surface area is 187 Å². The third-order valence-electron chi connectivity index (χ3n) is 6.33. The van der Waals surface area contributed by atoms with Gasteiger partial charge in [-0.25, -0.2) is 4.99 Å². The average molecular weight is 427 g/mol. The van der Waals surface area contributed by atoms with Gasteiger partial charge in [-0.05, 0) is 65.1 Å². The van der Waals surface area contributed by atoms with Gasteiger partial charge in [-0.15, -0.1) is 0 Å². The number of thioether (sulfide) groups is 1. The van der Waals surface area contributed by atoms with Crippen LogP contribution in [0, 0.1) is 5.92 Å². The zero-order valence-corrected chi connectivity index (χ0v) is 18.5. The van der Waals surface area contributed by atoms with Crippen LogP contribution in [-0.2, 0) is 4.79 Å². The van der Waals surface area contributed by atoms with Crippen LogP contribution in [0.3, 0.4) is 0 Å². The highest BCUT2D eigenvalue weighted by atomic mass is 32.2. The molecule has 0 unspecified atom stereocenters. The van der Waals surface area contributed by atoms with Crippen molar-refractivity contribution < 1.29 is 4.79 Å². The van der Waals surface area contributed by atoms with Gasteiger partial charge < -0.3 is 0 Å². The number of benzene rings is 3. The lowest BCUT2D eigenvalue weighted by atomic mass is 9.85. The van der Waals surface area contributed by atoms with Crippen LogP contribution in [0.2, 0.25) is 0 Å². The monoisotopic (exact) mass is 426 g/mol. The summed E-state index contributed by atoms with van der Waals surface area (Å²) >= 11 is 1.51. The highest BCUT2D eigenvalue weighted by Crippen LogP contribution is 2.40. The minimum atomic E-state index is 0.0892. The van der Waals surface area contributed by atoms with Crippen LogP contribution >= 0.6 is 11.8 Å². The van der Waals surface area contributed by atoms with Crippen molar-refractivity contribution in [2.45, 2.75) is 38.6 Å². The lowest BCUT2D eigenvalue weighted by Crippen LogP contribution is -2.44. The van der Waals surface area contributed by atoms with Crippen LogP contribution < -0.4 is 0 Å². The van der Waals surface area contributed by atoms with Crippen LogP contribution in [-0.4, -0.2) is 22.0 Å². The largest absolute Gasteiger partial charge is 0.283 e. The number of amides is 1. The Bertz CT molecular complexity index is 1160. The van der Waals surface area contributed by atoms with Crippen molar-refractivity contribution in [3.05, 3.63) is 83.3 Å². The van der Waals surface area contributed by atoms with Gasteiger partial charge in [-0.1, -0.05) is 80.4 Å². The second-order valence-electron chi connectivity index (χ2n) is 8.41. The summed E-state index contributed by atoms with van der Waals surface area (Å²) in [7, 11) is 0. The van der Waals surface area contributed by atoms with Crippen molar-refractivity contribution in [1.82, 2.24) is 4.90 Å². The van der Waals surface area contributed by atoms with E-state index in [0.717, 1.165) is 33.1 Å². The van der Waals surface area contributed by atoms with Crippen molar-refractivity contribution in [3.8, 4) is 0 Å². The number of aliphatic imine (C=N–C) groups is 1. The molecule has 3 nitrogen and oxygen atoms in total. The highest BCUT2D eigenvalue weighted by Gasteiger charge is 2.41. The van der Waals surface area contributed by atoms with Crippen LogP contribution in [0.25, 0.3) is 16.8 Å². The number of hydrogen-bond acceptors (Lipinski definition) is 3. The molecular weight excluding hydrogens is 400 g/mol. The third kappa shape index (κ3) is 4.05. The smallest absolute Gasteiger partial charge is 0.267 e. The standard InChI is InChI=1S/C27H26N2OS/c1-19-10-5-8-17-24(19)29-26(30)25(31-27(29)28-22-14-3-2-4-15-22)18-21-13-9-12-20-11-6-7-16-23(20)21/h2-4,6-7,9,11-16,18-19,24H,5,8,10,17H2,1H3/b25-18-,28-27?/t19-,24-/m0/s1. The van der Waals surface area contributed by atoms with Gasteiger partial charge in [-0.2, -0.15) is 0 Å². The molecule has 2 fully saturated rings. The second-order valence-corrected chi connectivity index (χ2v) is 9.42. The Morgan fingerprint density at radius 2 is 1.68 bits per heavy atom. The van der Waals surface area contributed by atoms with E-state index in [4.69, 9.17) is 4.99 Å². The Morgan fingerprint density at radius 1 is 0.935 bits per heavy atom. The van der Waals surface area contributed by atoms with E-state index in [-0.39, 0.29) is 11.9 Å². The van der Waals surface area contributed by atoms with E-state index < -0.39 is 0 Å². The van der Waals surface area contributed by atoms with Crippen molar-refractivity contribution in [3.63, 3.8) is 0 Å². The van der Waals surface area contributed by atoms with Gasteiger partial charge in [-0.3, -0.25) is 9.69 Å². The van der Waals surface area contributed by atoms with Gasteiger partial charge in [0.25, 0.3) is 5.91 Å². The zero-order chi connectivity index (χ0) is 21.2. The number of para-hydroxylation sites is 1. The number of nitrogens with zero attached hydrogens (tertiary/aromatic N) is 2. The number of fused-ring (bicyclic) bond motifs is 1. The second kappa shape index (κ2) is 8.72. The molecule has 3 aromatic carbocycles. The van der Waals surface area contributed by atoms with E-state index in [1.54, 1.807) is 0 Å². The molecule has 0 spiro atoms. The van der Waals surface area contributed by atoms with Crippen molar-refractivity contribution in [2.24, 2.45) is 10.9 Å². The molecule has 0 aromatic heterocycles. The summed E-state index contributed by atoms with van der Waals surface area (Å²) in [6, 6.07) is 24.7. The Kier molecular flexibility index (Phi) is 5.65. The Morgan fingerprint density at radius 3 is 2.52 bits per heavy atom. The fraction of sp³-hybridized carbons (Fsp3) is 0.259. The van der Waals surface area contributed by atoms with Gasteiger partial charge in [0.15, 0.2) is 5.17 Å². The van der Waals surface area contributed by atoms with E-state index in [1.807, 2.05) is 53.4 Å². The average Bonchev–Trinajstić information content (AvgIpc) is 3.09. The molecular formula is C27H26N2OS. The van der Waals surface area contributed by atoms with E-state index >= 15 is 0 Å². The molecule has 31 heavy (non-hydrogen) atoms. The van der Waals surface area contributed by atoms with Gasteiger partial charge in [0.2, 0.25) is 0 Å². The first-order valence-electron chi connectivity index (χ1n) is 11.1. The molecule has 3 aromatic rings. The Hall–Kier alpha value is -2.85. The maximum absolute atomic E-state index is 13.6. The number of amidine groups is 1. The first kappa shape index (κ1) is 20.1. The molecule has 1 saturated carbocycles. The molecule has 156 valence electrons. The topological polar surface area (TPSA) is 32.7 Å². The first-order chi connectivity index (χ1) is 15.2. The number of rotatable bonds is 3. The molecule has 1 heterocycles. The fourth-order valence-electron chi connectivity index (χ4n) is 4.67. The number of hydrogen-bond donors (Lipinski definition) is 0. The molecule has 1 saturated heterocycles. The SMILES string of the molecule is C[C@H]1CCCC[C@@H]1N1C(=O)/C(=C/c2cccc3ccccc23)SC1=Nc1ccccc1. The molecule has 2 atom stereocenters. The molecule has 4 heteroatoms. The summed E-state index contributed by atoms with van der Waals surface area (Å²) in [5.74, 6) is 0.572. The normalized spacial score (nSPS) is 24.4. The molecule has 5 rings (SSSR count). The molecule has 1 amide bonds. The summed E-state index contributed by atoms with van der Waals surface area (Å²) in [6.45, 7) is 2.27. The van der Waals surface area contributed by atoms with Crippen LogP contribution in [0.4, 0.5) is 5.69 Å². The minimum Gasteiger partial charge on any atom is -0.283 e. The third-order valence-corrected chi connectivity index (χ3v) is 7.31. The van der Waals surface area contributed by atoms with E-state index in [0.29, 0.717) is 5.92 Å². The van der Waals surface area contributed by atoms with E-state index in [9.17, 15) is 4.79 Å². The van der Waals surface area contributed by atoms with Crippen molar-refractivity contribution in [1.29, 1.82) is 0 Å². The molecule has 0 bridgehead atoms. The van der Waals surface area contributed by atoms with Gasteiger partial charge in [0.05, 0.1) is 10.6 Å². The van der Waals surface area contributed by atoms with Gasteiger partial charge in [0.1, 0.15) is 0 Å². The van der Waals surface area contributed by atoms with Gasteiger partial charge >= 0.3 is 0 Å². The summed E-state index contributed by atoms with van der Waals surface area (Å²) in [6.07, 6.45) is 6.67. The fourth-order valence-corrected chi connectivity index (χ4v) is 5.70. The summed E-state index contributed by atoms with van der Waals surface area (Å²) in [5, 5.41) is 3.15. The number of carbonyl (C=O) groups is 1. The quantitative estimate of drug-likeness (QED) is 0.421. The maximum Gasteiger partial charge on any atom is 0.267 e. The highest BCUT2D eigenvalue weighted by molar-refractivity contribution is 8.18. The zero-order valence-electron chi connectivity index (χ0n) is 17.7. The van der Waals surface area contributed by atoms with Crippen LogP contribution in [0.5, 0.6) is 0 Å². The molecule has 1 aliphatic carbocycles. The van der Waals surface area contributed by atoms with Crippen LogP contribution in [0.1, 0.15) is 38.2 Å². The predicted octanol–water partition coefficient (Wildman–Crippen LogP) is 7.02. The lowest BCUT2D eigenvalue weighted by molar-refractivity contribution is -0.124. The minimum absolute atomic E-state index is 0.0892. The van der Waals surface area contributed by atoms with E-state index in [2.05, 4.69) is 37.3 Å². The van der Waals surface area contributed by atoms with Crippen molar-refractivity contribution in [2.75, 3.05) is 0 Å². The number of carbonyl (C=O) groups excluding carboxylic acids is 1. The molecule has 2 aliphatic rings. The Balaban J connectivity index is 1.57. The first-order valence-corrected chi connectivity index (χ1v) is 11.9. The molecule has 0 N–H and O–H groups in total. The summed E-state index contributed by atoms with van der Waals surface area (Å²) in [4.78, 5) is 21.3.